The van der Waals surface area contributed by atoms with E-state index in [9.17, 15) is 0 Å². The van der Waals surface area contributed by atoms with Gasteiger partial charge in [-0.05, 0) is 30.7 Å². The standard InChI is InChI=1S/C21H32N6O2/c1-22-21(23-8-4-10-27-11-5-9-24-27)26-14-12-25(13-15-26)17-18-16-19(28-2)6-7-20(18)29-3/h5-7,9,11,16H,4,8,10,12-15,17H2,1-3H3,(H,22,23). The zero-order chi connectivity index (χ0) is 20.5. The highest BCUT2D eigenvalue weighted by Crippen LogP contribution is 2.25. The molecule has 0 aliphatic carbocycles. The van der Waals surface area contributed by atoms with E-state index in [-0.39, 0.29) is 0 Å². The zero-order valence-corrected chi connectivity index (χ0v) is 17.7. The fourth-order valence-electron chi connectivity index (χ4n) is 3.57. The largest absolute Gasteiger partial charge is 0.497 e. The first-order valence-corrected chi connectivity index (χ1v) is 10.1. The lowest BCUT2D eigenvalue weighted by molar-refractivity contribution is 0.171. The molecule has 158 valence electrons. The molecule has 3 rings (SSSR count). The Morgan fingerprint density at radius 3 is 2.66 bits per heavy atom. The van der Waals surface area contributed by atoms with E-state index < -0.39 is 0 Å². The molecule has 0 saturated carbocycles. The molecule has 0 unspecified atom stereocenters. The first kappa shape index (κ1) is 21.0. The number of nitrogens with one attached hydrogen (secondary N) is 1. The quantitative estimate of drug-likeness (QED) is 0.413. The Hall–Kier alpha value is -2.74. The average Bonchev–Trinajstić information content (AvgIpc) is 3.28. The van der Waals surface area contributed by atoms with Crippen molar-refractivity contribution in [3.63, 3.8) is 0 Å². The van der Waals surface area contributed by atoms with E-state index in [1.807, 2.05) is 42.3 Å². The van der Waals surface area contributed by atoms with Crippen LogP contribution in [0, 0.1) is 0 Å². The highest BCUT2D eigenvalue weighted by atomic mass is 16.5. The van der Waals surface area contributed by atoms with E-state index in [0.29, 0.717) is 0 Å². The molecular formula is C21H32N6O2. The predicted octanol–water partition coefficient (Wildman–Crippen LogP) is 1.68. The number of hydrogen-bond donors (Lipinski definition) is 1. The fourth-order valence-corrected chi connectivity index (χ4v) is 3.57. The highest BCUT2D eigenvalue weighted by molar-refractivity contribution is 5.79. The van der Waals surface area contributed by atoms with Gasteiger partial charge < -0.3 is 19.7 Å². The highest BCUT2D eigenvalue weighted by Gasteiger charge is 2.20. The lowest BCUT2D eigenvalue weighted by Gasteiger charge is -2.36. The van der Waals surface area contributed by atoms with Crippen LogP contribution < -0.4 is 14.8 Å². The number of piperazine rings is 1. The van der Waals surface area contributed by atoms with Gasteiger partial charge in [0.15, 0.2) is 5.96 Å². The maximum atomic E-state index is 5.52. The summed E-state index contributed by atoms with van der Waals surface area (Å²) in [4.78, 5) is 9.23. The summed E-state index contributed by atoms with van der Waals surface area (Å²) >= 11 is 0. The van der Waals surface area contributed by atoms with Crippen molar-refractivity contribution in [3.8, 4) is 11.5 Å². The third kappa shape index (κ3) is 5.87. The Morgan fingerprint density at radius 1 is 1.17 bits per heavy atom. The van der Waals surface area contributed by atoms with Crippen LogP contribution in [-0.2, 0) is 13.1 Å². The maximum absolute atomic E-state index is 5.52. The summed E-state index contributed by atoms with van der Waals surface area (Å²) in [5.74, 6) is 2.74. The second-order valence-corrected chi connectivity index (χ2v) is 7.04. The van der Waals surface area contributed by atoms with Crippen molar-refractivity contribution >= 4 is 5.96 Å². The number of aryl methyl sites for hydroxylation is 1. The minimum absolute atomic E-state index is 0.851. The minimum atomic E-state index is 0.851. The summed E-state index contributed by atoms with van der Waals surface area (Å²) in [6.45, 7) is 6.50. The Labute approximate surface area is 173 Å². The van der Waals surface area contributed by atoms with Gasteiger partial charge in [-0.3, -0.25) is 14.6 Å². The van der Waals surface area contributed by atoms with Crippen LogP contribution in [0.1, 0.15) is 12.0 Å². The molecule has 1 saturated heterocycles. The first-order valence-electron chi connectivity index (χ1n) is 10.1. The van der Waals surface area contributed by atoms with Crippen molar-refractivity contribution in [2.24, 2.45) is 4.99 Å². The smallest absolute Gasteiger partial charge is 0.193 e. The number of aromatic nitrogens is 2. The molecule has 1 aromatic heterocycles. The number of nitrogens with zero attached hydrogens (tertiary/aromatic N) is 5. The first-order chi connectivity index (χ1) is 14.2. The molecule has 1 N–H and O–H groups in total. The lowest BCUT2D eigenvalue weighted by atomic mass is 10.1. The van der Waals surface area contributed by atoms with Gasteiger partial charge in [-0.25, -0.2) is 0 Å². The van der Waals surface area contributed by atoms with E-state index in [1.54, 1.807) is 14.2 Å². The van der Waals surface area contributed by atoms with Crippen LogP contribution in [0.15, 0.2) is 41.7 Å². The fraction of sp³-hybridized carbons (Fsp3) is 0.524. The van der Waals surface area contributed by atoms with Crippen LogP contribution in [0.4, 0.5) is 0 Å². The molecule has 0 radical (unpaired) electrons. The minimum Gasteiger partial charge on any atom is -0.497 e. The number of benzene rings is 1. The van der Waals surface area contributed by atoms with E-state index in [1.165, 1.54) is 0 Å². The van der Waals surface area contributed by atoms with Gasteiger partial charge in [0.25, 0.3) is 0 Å². The van der Waals surface area contributed by atoms with Crippen molar-refractivity contribution < 1.29 is 9.47 Å². The van der Waals surface area contributed by atoms with Crippen LogP contribution >= 0.6 is 0 Å². The predicted molar refractivity (Wildman–Crippen MR) is 115 cm³/mol. The van der Waals surface area contributed by atoms with Gasteiger partial charge in [-0.15, -0.1) is 0 Å². The van der Waals surface area contributed by atoms with Crippen LogP contribution in [0.2, 0.25) is 0 Å². The maximum Gasteiger partial charge on any atom is 0.193 e. The third-order valence-corrected chi connectivity index (χ3v) is 5.17. The summed E-state index contributed by atoms with van der Waals surface area (Å²) in [5.41, 5.74) is 1.15. The monoisotopic (exact) mass is 400 g/mol. The second-order valence-electron chi connectivity index (χ2n) is 7.04. The van der Waals surface area contributed by atoms with Gasteiger partial charge in [-0.2, -0.15) is 5.10 Å². The number of guanidine groups is 1. The Morgan fingerprint density at radius 2 is 2.00 bits per heavy atom. The SMILES string of the molecule is CN=C(NCCCn1cccn1)N1CCN(Cc2cc(OC)ccc2OC)CC1. The molecule has 1 fully saturated rings. The molecule has 8 heteroatoms. The Bertz CT molecular complexity index is 769. The molecule has 0 atom stereocenters. The molecule has 1 aliphatic rings. The summed E-state index contributed by atoms with van der Waals surface area (Å²) in [7, 11) is 5.26. The molecule has 29 heavy (non-hydrogen) atoms. The van der Waals surface area contributed by atoms with Crippen LogP contribution in [0.25, 0.3) is 0 Å². The van der Waals surface area contributed by atoms with E-state index >= 15 is 0 Å². The van der Waals surface area contributed by atoms with Crippen molar-refractivity contribution in [1.29, 1.82) is 0 Å². The molecule has 1 aromatic carbocycles. The third-order valence-electron chi connectivity index (χ3n) is 5.17. The van der Waals surface area contributed by atoms with E-state index in [2.05, 4.69) is 31.3 Å². The Kier molecular flexibility index (Phi) is 7.75. The van der Waals surface area contributed by atoms with Crippen molar-refractivity contribution in [2.45, 2.75) is 19.5 Å². The van der Waals surface area contributed by atoms with Crippen molar-refractivity contribution in [1.82, 2.24) is 24.9 Å². The second kappa shape index (κ2) is 10.7. The van der Waals surface area contributed by atoms with Crippen molar-refractivity contribution in [3.05, 3.63) is 42.2 Å². The average molecular weight is 401 g/mol. The molecule has 2 aromatic rings. The summed E-state index contributed by atoms with van der Waals surface area (Å²) in [5, 5.41) is 7.71. The molecule has 1 aliphatic heterocycles. The van der Waals surface area contributed by atoms with Gasteiger partial charge in [0.05, 0.1) is 14.2 Å². The van der Waals surface area contributed by atoms with Gasteiger partial charge in [0.2, 0.25) is 0 Å². The topological polar surface area (TPSA) is 67.2 Å². The molecule has 8 nitrogen and oxygen atoms in total. The van der Waals surface area contributed by atoms with Crippen LogP contribution in [0.3, 0.4) is 0 Å². The normalized spacial score (nSPS) is 15.4. The summed E-state index contributed by atoms with van der Waals surface area (Å²) < 4.78 is 12.8. The lowest BCUT2D eigenvalue weighted by Crippen LogP contribution is -2.52. The molecule has 0 amide bonds. The van der Waals surface area contributed by atoms with Gasteiger partial charge >= 0.3 is 0 Å². The van der Waals surface area contributed by atoms with Gasteiger partial charge in [0, 0.05) is 70.8 Å². The van der Waals surface area contributed by atoms with Crippen molar-refractivity contribution in [2.75, 3.05) is 54.0 Å². The molecule has 0 spiro atoms. The van der Waals surface area contributed by atoms with E-state index in [0.717, 1.165) is 75.3 Å². The molecule has 2 heterocycles. The van der Waals surface area contributed by atoms with Crippen LogP contribution in [-0.4, -0.2) is 79.5 Å². The number of ether oxygens (including phenoxy) is 2. The van der Waals surface area contributed by atoms with E-state index in [4.69, 9.17) is 9.47 Å². The van der Waals surface area contributed by atoms with Gasteiger partial charge in [0.1, 0.15) is 11.5 Å². The number of hydrogen-bond acceptors (Lipinski definition) is 5. The number of aliphatic imine (C=N–C) groups is 1. The Balaban J connectivity index is 1.45. The summed E-state index contributed by atoms with van der Waals surface area (Å²) in [6.07, 6.45) is 4.81. The van der Waals surface area contributed by atoms with Crippen LogP contribution in [0.5, 0.6) is 11.5 Å². The zero-order valence-electron chi connectivity index (χ0n) is 17.7. The number of rotatable bonds is 8. The molecular weight excluding hydrogens is 368 g/mol. The molecule has 0 bridgehead atoms. The number of methoxy groups -OCH3 is 2. The van der Waals surface area contributed by atoms with Gasteiger partial charge in [-0.1, -0.05) is 0 Å². The summed E-state index contributed by atoms with van der Waals surface area (Å²) in [6, 6.07) is 7.92.